The van der Waals surface area contributed by atoms with E-state index in [1.807, 2.05) is 4.90 Å². The molecule has 1 N–H and O–H groups in total. The lowest BCUT2D eigenvalue weighted by atomic mass is 9.95. The zero-order chi connectivity index (χ0) is 19.5. The monoisotopic (exact) mass is 384 g/mol. The molecule has 2 aromatic rings. The molecule has 0 aliphatic carbocycles. The van der Waals surface area contributed by atoms with Gasteiger partial charge in [0.05, 0.1) is 13.4 Å². The fourth-order valence-electron chi connectivity index (χ4n) is 3.35. The highest BCUT2D eigenvalue weighted by Gasteiger charge is 2.43. The third-order valence-corrected chi connectivity index (χ3v) is 4.80. The van der Waals surface area contributed by atoms with Crippen LogP contribution in [0.4, 0.5) is 5.95 Å². The molecule has 0 saturated carbocycles. The van der Waals surface area contributed by atoms with E-state index >= 15 is 0 Å². The Morgan fingerprint density at radius 3 is 2.54 bits per heavy atom. The largest absolute Gasteiger partial charge is 0.468 e. The van der Waals surface area contributed by atoms with Crippen LogP contribution in [0.25, 0.3) is 0 Å². The minimum Gasteiger partial charge on any atom is -0.468 e. The predicted molar refractivity (Wildman–Crippen MR) is 98.4 cm³/mol. The third-order valence-electron chi connectivity index (χ3n) is 4.80. The van der Waals surface area contributed by atoms with Crippen LogP contribution < -0.4 is 10.2 Å². The minimum atomic E-state index is -1.08. The molecule has 0 bridgehead atoms. The fraction of sp³-hybridized carbons (Fsp3) is 0.389. The molecule has 0 spiro atoms. The number of piperazine rings is 1. The maximum atomic E-state index is 12.6. The van der Waals surface area contributed by atoms with Gasteiger partial charge in [0.1, 0.15) is 11.8 Å². The highest BCUT2D eigenvalue weighted by molar-refractivity contribution is 6.08. The highest BCUT2D eigenvalue weighted by Crippen LogP contribution is 2.31. The van der Waals surface area contributed by atoms with Crippen molar-refractivity contribution in [1.82, 2.24) is 20.2 Å². The van der Waals surface area contributed by atoms with Gasteiger partial charge in [0.2, 0.25) is 17.8 Å². The van der Waals surface area contributed by atoms with Crippen molar-refractivity contribution in [3.8, 4) is 0 Å². The molecular weight excluding hydrogens is 364 g/mol. The molecule has 2 atom stereocenters. The Hall–Kier alpha value is -3.43. The number of rotatable bonds is 3. The van der Waals surface area contributed by atoms with Crippen LogP contribution in [0, 0.1) is 5.92 Å². The lowest BCUT2D eigenvalue weighted by Gasteiger charge is -2.38. The second-order valence-corrected chi connectivity index (χ2v) is 6.43. The molecule has 0 unspecified atom stereocenters. The first-order valence-corrected chi connectivity index (χ1v) is 8.94. The second kappa shape index (κ2) is 7.67. The number of aliphatic imine (C=N–C) groups is 1. The molecule has 1 amide bonds. The molecule has 1 fully saturated rings. The molecule has 2 aliphatic heterocycles. The van der Waals surface area contributed by atoms with Crippen molar-refractivity contribution >= 4 is 23.8 Å². The molecule has 0 radical (unpaired) electrons. The van der Waals surface area contributed by atoms with Gasteiger partial charge in [-0.25, -0.2) is 15.0 Å². The number of ether oxygens (including phenoxy) is 1. The summed E-state index contributed by atoms with van der Waals surface area (Å²) in [6.45, 7) is 2.63. The number of guanidine groups is 1. The van der Waals surface area contributed by atoms with E-state index in [1.165, 1.54) is 13.4 Å². The molecule has 4 heterocycles. The van der Waals surface area contributed by atoms with Crippen molar-refractivity contribution in [2.75, 3.05) is 38.2 Å². The van der Waals surface area contributed by atoms with Gasteiger partial charge < -0.3 is 19.0 Å². The lowest BCUT2D eigenvalue weighted by molar-refractivity contribution is -0.151. The van der Waals surface area contributed by atoms with E-state index in [0.29, 0.717) is 43.8 Å². The number of nitrogens with one attached hydrogen (secondary N) is 1. The maximum absolute atomic E-state index is 12.6. The van der Waals surface area contributed by atoms with E-state index < -0.39 is 23.8 Å². The molecule has 4 rings (SSSR count). The number of aromatic nitrogens is 2. The van der Waals surface area contributed by atoms with Crippen LogP contribution in [0.1, 0.15) is 11.8 Å². The second-order valence-electron chi connectivity index (χ2n) is 6.43. The van der Waals surface area contributed by atoms with Gasteiger partial charge >= 0.3 is 5.97 Å². The number of esters is 1. The summed E-state index contributed by atoms with van der Waals surface area (Å²) in [6, 6.07) is 4.41. The average Bonchev–Trinajstić information content (AvgIpc) is 3.28. The molecule has 1 saturated heterocycles. The number of methoxy groups -OCH3 is 1. The summed E-state index contributed by atoms with van der Waals surface area (Å²) in [4.78, 5) is 42.0. The van der Waals surface area contributed by atoms with Gasteiger partial charge in [-0.15, -0.1) is 0 Å². The molecular formula is C18H20N6O4. The summed E-state index contributed by atoms with van der Waals surface area (Å²) in [5.74, 6) is -0.631. The molecule has 0 aromatic carbocycles. The maximum Gasteiger partial charge on any atom is 0.320 e. The van der Waals surface area contributed by atoms with Gasteiger partial charge in [-0.2, -0.15) is 0 Å². The van der Waals surface area contributed by atoms with Gasteiger partial charge in [-0.1, -0.05) is 0 Å². The molecule has 2 aromatic heterocycles. The van der Waals surface area contributed by atoms with Crippen LogP contribution in [0.15, 0.2) is 46.3 Å². The van der Waals surface area contributed by atoms with E-state index in [9.17, 15) is 9.59 Å². The number of hydrogen-bond acceptors (Lipinski definition) is 9. The van der Waals surface area contributed by atoms with Gasteiger partial charge in [0.25, 0.3) is 0 Å². The van der Waals surface area contributed by atoms with Crippen LogP contribution in [-0.4, -0.2) is 66.0 Å². The Bertz CT molecular complexity index is 861. The van der Waals surface area contributed by atoms with Crippen molar-refractivity contribution in [3.63, 3.8) is 0 Å². The van der Waals surface area contributed by atoms with Crippen molar-refractivity contribution in [2.45, 2.75) is 6.04 Å². The molecule has 10 nitrogen and oxygen atoms in total. The summed E-state index contributed by atoms with van der Waals surface area (Å²) in [5.41, 5.74) is 0. The Balaban J connectivity index is 1.53. The predicted octanol–water partition coefficient (Wildman–Crippen LogP) is 0.208. The van der Waals surface area contributed by atoms with Crippen LogP contribution in [-0.2, 0) is 14.3 Å². The van der Waals surface area contributed by atoms with E-state index in [4.69, 9.17) is 9.15 Å². The van der Waals surface area contributed by atoms with Crippen LogP contribution in [0.3, 0.4) is 0 Å². The lowest BCUT2D eigenvalue weighted by Crippen LogP contribution is -2.57. The van der Waals surface area contributed by atoms with Crippen molar-refractivity contribution in [1.29, 1.82) is 0 Å². The number of carbonyl (C=O) groups excluding carboxylic acids is 2. The summed E-state index contributed by atoms with van der Waals surface area (Å²) < 4.78 is 10.2. The number of furan rings is 1. The van der Waals surface area contributed by atoms with E-state index in [2.05, 4.69) is 25.2 Å². The van der Waals surface area contributed by atoms with Crippen molar-refractivity contribution in [2.24, 2.45) is 10.9 Å². The summed E-state index contributed by atoms with van der Waals surface area (Å²) >= 11 is 0. The quantitative estimate of drug-likeness (QED) is 0.590. The Morgan fingerprint density at radius 1 is 1.18 bits per heavy atom. The molecule has 2 aliphatic rings. The van der Waals surface area contributed by atoms with Crippen molar-refractivity contribution < 1.29 is 18.7 Å². The Kier molecular flexibility index (Phi) is 4.92. The number of nitrogens with zero attached hydrogens (tertiary/aromatic N) is 5. The number of carbonyl (C=O) groups is 2. The van der Waals surface area contributed by atoms with Crippen LogP contribution in [0.2, 0.25) is 0 Å². The Morgan fingerprint density at radius 2 is 1.89 bits per heavy atom. The number of amides is 1. The minimum absolute atomic E-state index is 0.431. The SMILES string of the molecule is COC(=O)[C@H]1C(=O)NC(N2CCN(c3ncccn3)CC2)=N[C@H]1c1ccco1. The van der Waals surface area contributed by atoms with E-state index in [1.54, 1.807) is 30.6 Å². The van der Waals surface area contributed by atoms with Crippen LogP contribution in [0.5, 0.6) is 0 Å². The molecule has 28 heavy (non-hydrogen) atoms. The van der Waals surface area contributed by atoms with Gasteiger partial charge in [-0.3, -0.25) is 14.9 Å². The average molecular weight is 384 g/mol. The van der Waals surface area contributed by atoms with Crippen molar-refractivity contribution in [3.05, 3.63) is 42.6 Å². The zero-order valence-corrected chi connectivity index (χ0v) is 15.3. The summed E-state index contributed by atoms with van der Waals surface area (Å²) in [5, 5.41) is 2.74. The first-order valence-electron chi connectivity index (χ1n) is 8.94. The van der Waals surface area contributed by atoms with Gasteiger partial charge in [0, 0.05) is 38.6 Å². The smallest absolute Gasteiger partial charge is 0.320 e. The normalized spacial score (nSPS) is 22.5. The standard InChI is InChI=1S/C18H20N6O4/c1-27-16(26)13-14(12-4-2-11-28-12)21-18(22-15(13)25)24-9-7-23(8-10-24)17-19-5-3-6-20-17/h2-6,11,13-14H,7-10H2,1H3,(H,21,22,25)/t13-,14+/m1/s1. The third kappa shape index (κ3) is 3.40. The summed E-state index contributed by atoms with van der Waals surface area (Å²) in [7, 11) is 1.25. The van der Waals surface area contributed by atoms with E-state index in [-0.39, 0.29) is 0 Å². The fourth-order valence-corrected chi connectivity index (χ4v) is 3.35. The van der Waals surface area contributed by atoms with Gasteiger partial charge in [0.15, 0.2) is 5.92 Å². The first-order chi connectivity index (χ1) is 13.7. The zero-order valence-electron chi connectivity index (χ0n) is 15.3. The van der Waals surface area contributed by atoms with Gasteiger partial charge in [-0.05, 0) is 18.2 Å². The highest BCUT2D eigenvalue weighted by atomic mass is 16.5. The molecule has 10 heteroatoms. The van der Waals surface area contributed by atoms with E-state index in [0.717, 1.165) is 0 Å². The number of hydrogen-bond donors (Lipinski definition) is 1. The Labute approximate surface area is 161 Å². The van der Waals surface area contributed by atoms with Crippen LogP contribution >= 0.6 is 0 Å². The summed E-state index contributed by atoms with van der Waals surface area (Å²) in [6.07, 6.45) is 4.91. The number of anilines is 1. The first kappa shape index (κ1) is 18.0. The molecule has 146 valence electrons. The topological polar surface area (TPSA) is 113 Å².